The van der Waals surface area contributed by atoms with E-state index in [1.54, 1.807) is 17.2 Å². The first-order valence-electron chi connectivity index (χ1n) is 12.8. The van der Waals surface area contributed by atoms with Gasteiger partial charge in [0.2, 0.25) is 5.91 Å². The van der Waals surface area contributed by atoms with Crippen molar-refractivity contribution in [2.45, 2.75) is 25.3 Å². The van der Waals surface area contributed by atoms with Crippen LogP contribution in [0.5, 0.6) is 0 Å². The molecule has 0 spiro atoms. The molecule has 8 heteroatoms. The van der Waals surface area contributed by atoms with E-state index in [2.05, 4.69) is 10.2 Å². The summed E-state index contributed by atoms with van der Waals surface area (Å²) >= 11 is 6.12. The van der Waals surface area contributed by atoms with Gasteiger partial charge < -0.3 is 19.5 Å². The number of aryl methyl sites for hydroxylation is 1. The van der Waals surface area contributed by atoms with Crippen LogP contribution in [0.2, 0.25) is 5.02 Å². The van der Waals surface area contributed by atoms with Crippen LogP contribution in [0, 0.1) is 17.7 Å². The fraction of sp³-hybridized carbons (Fsp3) is 0.379. The van der Waals surface area contributed by atoms with Gasteiger partial charge in [0.1, 0.15) is 11.6 Å². The second kappa shape index (κ2) is 11.5. The Hall–Kier alpha value is -3.16. The molecule has 0 radical (unpaired) electrons. The van der Waals surface area contributed by atoms with Crippen LogP contribution in [0.4, 0.5) is 4.39 Å². The molecule has 6 nitrogen and oxygen atoms in total. The largest absolute Gasteiger partial charge is 0.469 e. The van der Waals surface area contributed by atoms with Gasteiger partial charge in [0.05, 0.1) is 22.9 Å². The first-order chi connectivity index (χ1) is 18.0. The normalized spacial score (nSPS) is 20.1. The highest BCUT2D eigenvalue weighted by molar-refractivity contribution is 6.33. The number of carbonyl (C=O) groups is 2. The summed E-state index contributed by atoms with van der Waals surface area (Å²) in [5.41, 5.74) is 1.06. The van der Waals surface area contributed by atoms with Crippen LogP contribution in [0.25, 0.3) is 0 Å². The highest BCUT2D eigenvalue weighted by atomic mass is 35.5. The first kappa shape index (κ1) is 25.5. The van der Waals surface area contributed by atoms with Crippen molar-refractivity contribution in [3.63, 3.8) is 0 Å². The molecule has 0 saturated carbocycles. The average Bonchev–Trinajstić information content (AvgIpc) is 3.63. The fourth-order valence-electron chi connectivity index (χ4n) is 5.58. The summed E-state index contributed by atoms with van der Waals surface area (Å²) in [4.78, 5) is 29.8. The maximum Gasteiger partial charge on any atom is 0.258 e. The van der Waals surface area contributed by atoms with Crippen LogP contribution < -0.4 is 5.32 Å². The molecular formula is C29H31ClFN3O3. The Morgan fingerprint density at radius 1 is 1.00 bits per heavy atom. The van der Waals surface area contributed by atoms with Gasteiger partial charge in [0, 0.05) is 45.6 Å². The van der Waals surface area contributed by atoms with E-state index >= 15 is 0 Å². The molecule has 2 fully saturated rings. The molecule has 2 saturated heterocycles. The van der Waals surface area contributed by atoms with E-state index < -0.39 is 5.82 Å². The van der Waals surface area contributed by atoms with Crippen molar-refractivity contribution >= 4 is 23.4 Å². The molecule has 2 aliphatic rings. The van der Waals surface area contributed by atoms with Crippen molar-refractivity contribution < 1.29 is 18.4 Å². The molecule has 194 valence electrons. The van der Waals surface area contributed by atoms with Crippen LogP contribution in [-0.4, -0.2) is 54.3 Å². The van der Waals surface area contributed by atoms with Gasteiger partial charge in [-0.05, 0) is 48.1 Å². The number of rotatable bonds is 9. The van der Waals surface area contributed by atoms with E-state index in [4.69, 9.17) is 16.0 Å². The van der Waals surface area contributed by atoms with Gasteiger partial charge >= 0.3 is 0 Å². The van der Waals surface area contributed by atoms with Crippen molar-refractivity contribution in [3.05, 3.63) is 94.7 Å². The summed E-state index contributed by atoms with van der Waals surface area (Å²) in [6.45, 7) is 3.82. The zero-order chi connectivity index (χ0) is 25.8. The van der Waals surface area contributed by atoms with Crippen LogP contribution in [0.15, 0.2) is 71.3 Å². The summed E-state index contributed by atoms with van der Waals surface area (Å²) in [7, 11) is 0. The molecule has 2 aliphatic heterocycles. The first-order valence-corrected chi connectivity index (χ1v) is 13.2. The summed E-state index contributed by atoms with van der Waals surface area (Å²) in [6.07, 6.45) is 3.36. The van der Waals surface area contributed by atoms with Crippen LogP contribution >= 0.6 is 11.6 Å². The molecule has 37 heavy (non-hydrogen) atoms. The van der Waals surface area contributed by atoms with Crippen LogP contribution in [0.1, 0.15) is 40.6 Å². The lowest BCUT2D eigenvalue weighted by molar-refractivity contribution is -0.122. The van der Waals surface area contributed by atoms with Crippen molar-refractivity contribution in [2.75, 3.05) is 32.7 Å². The molecule has 1 N–H and O–H groups in total. The summed E-state index contributed by atoms with van der Waals surface area (Å²) in [6, 6.07) is 18.0. The van der Waals surface area contributed by atoms with E-state index in [-0.39, 0.29) is 28.4 Å². The molecule has 0 aliphatic carbocycles. The van der Waals surface area contributed by atoms with E-state index in [1.165, 1.54) is 12.1 Å². The highest BCUT2D eigenvalue weighted by Gasteiger charge is 2.42. The predicted octanol–water partition coefficient (Wildman–Crippen LogP) is 4.96. The number of hydrogen-bond donors (Lipinski definition) is 1. The summed E-state index contributed by atoms with van der Waals surface area (Å²) < 4.78 is 19.6. The maximum absolute atomic E-state index is 14.3. The number of likely N-dealkylation sites (tertiary alicyclic amines) is 2. The van der Waals surface area contributed by atoms with E-state index in [0.29, 0.717) is 37.8 Å². The monoisotopic (exact) mass is 523 g/mol. The maximum atomic E-state index is 14.3. The third kappa shape index (κ3) is 6.05. The quantitative estimate of drug-likeness (QED) is 0.431. The van der Waals surface area contributed by atoms with Gasteiger partial charge in [0.15, 0.2) is 0 Å². The SMILES string of the molecule is O=C(CCc1ccco1)N[C@@H](CCN1CC2CN(C(=O)c3c(F)cccc3Cl)CC2C1)c1ccccc1. The predicted molar refractivity (Wildman–Crippen MR) is 140 cm³/mol. The Bertz CT molecular complexity index is 1190. The third-order valence-electron chi connectivity index (χ3n) is 7.48. The van der Waals surface area contributed by atoms with Gasteiger partial charge in [-0.15, -0.1) is 0 Å². The number of benzene rings is 2. The molecule has 2 unspecified atom stereocenters. The summed E-state index contributed by atoms with van der Waals surface area (Å²) in [5, 5.41) is 3.37. The average molecular weight is 524 g/mol. The standard InChI is InChI=1S/C29H31ClFN3O3/c30-24-9-4-10-25(31)28(24)29(36)34-18-21-16-33(17-22(21)19-34)14-13-26(20-6-2-1-3-7-20)32-27(35)12-11-23-8-5-15-37-23/h1-10,15,21-22,26H,11-14,16-19H2,(H,32,35)/t21?,22?,26-/m0/s1. The van der Waals surface area contributed by atoms with Crippen molar-refractivity contribution in [3.8, 4) is 0 Å². The number of fused-ring (bicyclic) bond motifs is 1. The third-order valence-corrected chi connectivity index (χ3v) is 7.79. The second-order valence-electron chi connectivity index (χ2n) is 9.99. The molecule has 1 aromatic heterocycles. The minimum absolute atomic E-state index is 0.00417. The van der Waals surface area contributed by atoms with Crippen molar-refractivity contribution in [2.24, 2.45) is 11.8 Å². The van der Waals surface area contributed by atoms with E-state index in [9.17, 15) is 14.0 Å². The van der Waals surface area contributed by atoms with Gasteiger partial charge in [-0.25, -0.2) is 4.39 Å². The zero-order valence-electron chi connectivity index (χ0n) is 20.6. The van der Waals surface area contributed by atoms with Gasteiger partial charge in [0.25, 0.3) is 5.91 Å². The van der Waals surface area contributed by atoms with Crippen molar-refractivity contribution in [1.29, 1.82) is 0 Å². The molecule has 3 aromatic rings. The van der Waals surface area contributed by atoms with Gasteiger partial charge in [-0.2, -0.15) is 0 Å². The van der Waals surface area contributed by atoms with Crippen LogP contribution in [-0.2, 0) is 11.2 Å². The Kier molecular flexibility index (Phi) is 7.91. The fourth-order valence-corrected chi connectivity index (χ4v) is 5.82. The number of halogens is 2. The second-order valence-corrected chi connectivity index (χ2v) is 10.4. The molecular weight excluding hydrogens is 493 g/mol. The number of hydrogen-bond acceptors (Lipinski definition) is 4. The van der Waals surface area contributed by atoms with Crippen molar-refractivity contribution in [1.82, 2.24) is 15.1 Å². The lowest BCUT2D eigenvalue weighted by atomic mass is 10.0. The van der Waals surface area contributed by atoms with Gasteiger partial charge in [-0.3, -0.25) is 9.59 Å². The van der Waals surface area contributed by atoms with Crippen LogP contribution in [0.3, 0.4) is 0 Å². The highest BCUT2D eigenvalue weighted by Crippen LogP contribution is 2.33. The lowest BCUT2D eigenvalue weighted by Crippen LogP contribution is -2.35. The minimum Gasteiger partial charge on any atom is -0.469 e. The Morgan fingerprint density at radius 3 is 2.43 bits per heavy atom. The number of nitrogens with one attached hydrogen (secondary N) is 1. The molecule has 2 aromatic carbocycles. The summed E-state index contributed by atoms with van der Waals surface area (Å²) in [5.74, 6) is 0.615. The van der Waals surface area contributed by atoms with E-state index in [1.807, 2.05) is 42.5 Å². The number of amides is 2. The number of carbonyl (C=O) groups excluding carboxylic acids is 2. The lowest BCUT2D eigenvalue weighted by Gasteiger charge is -2.25. The minimum atomic E-state index is -0.575. The number of nitrogens with zero attached hydrogens (tertiary/aromatic N) is 2. The van der Waals surface area contributed by atoms with Gasteiger partial charge in [-0.1, -0.05) is 48.0 Å². The molecule has 3 heterocycles. The zero-order valence-corrected chi connectivity index (χ0v) is 21.4. The number of furan rings is 1. The van der Waals surface area contributed by atoms with E-state index in [0.717, 1.165) is 37.4 Å². The molecule has 3 atom stereocenters. The Balaban J connectivity index is 1.14. The smallest absolute Gasteiger partial charge is 0.258 e. The molecule has 5 rings (SSSR count). The Labute approximate surface area is 221 Å². The molecule has 2 amide bonds. The Morgan fingerprint density at radius 2 is 1.76 bits per heavy atom. The molecule has 0 bridgehead atoms. The topological polar surface area (TPSA) is 65.8 Å².